The Hall–Kier alpha value is 0.820. The van der Waals surface area contributed by atoms with Gasteiger partial charge in [-0.1, -0.05) is 31.9 Å². The lowest BCUT2D eigenvalue weighted by atomic mass is 11.9. The van der Waals surface area contributed by atoms with E-state index < -0.39 is 29.4 Å². The molecule has 0 radical (unpaired) electrons. The van der Waals surface area contributed by atoms with Crippen molar-refractivity contribution in [3.05, 3.63) is 0 Å². The largest absolute Gasteiger partial charge is 0.234 e. The lowest BCUT2D eigenvalue weighted by Gasteiger charge is -2.00. The van der Waals surface area contributed by atoms with E-state index >= 15 is 0 Å². The van der Waals surface area contributed by atoms with Gasteiger partial charge in [-0.2, -0.15) is 0 Å². The lowest BCUT2D eigenvalue weighted by Crippen LogP contribution is -2.31. The molecule has 0 spiro atoms. The first-order valence-electron chi connectivity index (χ1n) is 2.19. The first-order chi connectivity index (χ1) is 4.83. The maximum atomic E-state index is 10.6. The summed E-state index contributed by atoms with van der Waals surface area (Å²) in [7, 11) is -7.48. The van der Waals surface area contributed by atoms with Crippen LogP contribution in [0, 0.1) is 0 Å². The molecule has 0 saturated heterocycles. The van der Waals surface area contributed by atoms with Crippen LogP contribution in [-0.4, -0.2) is 26.2 Å². The molecule has 0 bridgehead atoms. The van der Waals surface area contributed by atoms with Crippen molar-refractivity contribution in [3.8, 4) is 0 Å². The van der Waals surface area contributed by atoms with Crippen molar-refractivity contribution in [2.24, 2.45) is 0 Å². The summed E-state index contributed by atoms with van der Waals surface area (Å²) >= 11 is 5.25. The highest BCUT2D eigenvalue weighted by Gasteiger charge is 2.17. The molecule has 0 amide bonds. The first kappa shape index (κ1) is 11.8. The summed E-state index contributed by atoms with van der Waals surface area (Å²) in [6.45, 7) is 0. The van der Waals surface area contributed by atoms with Gasteiger partial charge in [-0.3, -0.25) is 0 Å². The number of rotatable bonds is 4. The summed E-state index contributed by atoms with van der Waals surface area (Å²) in [6.07, 6.45) is 0. The van der Waals surface area contributed by atoms with Crippen LogP contribution in [0.3, 0.4) is 0 Å². The number of halogens is 2. The van der Waals surface area contributed by atoms with Crippen molar-refractivity contribution < 1.29 is 16.8 Å². The van der Waals surface area contributed by atoms with Gasteiger partial charge in [0.2, 0.25) is 20.0 Å². The Morgan fingerprint density at radius 2 is 1.18 bits per heavy atom. The molecular weight excluding hydrogens is 326 g/mol. The molecule has 9 heteroatoms. The summed E-state index contributed by atoms with van der Waals surface area (Å²) in [5.41, 5.74) is 0. The van der Waals surface area contributed by atoms with Crippen molar-refractivity contribution >= 4 is 51.9 Å². The molecule has 0 saturated carbocycles. The molecule has 0 fully saturated rings. The second kappa shape index (κ2) is 4.17. The number of sulfonamides is 2. The standard InChI is InChI=1S/C2H5Br2NO4S2/c3-1-10(6,7)5-11(8,9)2-4/h5H,1-2H2. The van der Waals surface area contributed by atoms with E-state index in [-0.39, 0.29) is 0 Å². The smallest absolute Gasteiger partial charge is 0.211 e. The maximum Gasteiger partial charge on any atom is 0.234 e. The van der Waals surface area contributed by atoms with E-state index in [1.165, 1.54) is 4.13 Å². The van der Waals surface area contributed by atoms with E-state index in [2.05, 4.69) is 31.9 Å². The highest BCUT2D eigenvalue weighted by molar-refractivity contribution is 9.11. The molecule has 1 N–H and O–H groups in total. The quantitative estimate of drug-likeness (QED) is 0.732. The fourth-order valence-corrected chi connectivity index (χ4v) is 3.82. The fourth-order valence-electron chi connectivity index (χ4n) is 0.238. The van der Waals surface area contributed by atoms with Crippen molar-refractivity contribution in [3.63, 3.8) is 0 Å². The second-order valence-electron chi connectivity index (χ2n) is 1.53. The van der Waals surface area contributed by atoms with Gasteiger partial charge in [0.15, 0.2) is 0 Å². The van der Waals surface area contributed by atoms with Crippen molar-refractivity contribution in [2.75, 3.05) is 9.32 Å². The van der Waals surface area contributed by atoms with Gasteiger partial charge in [-0.15, -0.1) is 4.13 Å². The SMILES string of the molecule is O=S(=O)(CBr)NS(=O)(=O)CBr. The Bertz CT molecular complexity index is 273. The zero-order chi connectivity index (χ0) is 9.12. The zero-order valence-electron chi connectivity index (χ0n) is 5.12. The van der Waals surface area contributed by atoms with Gasteiger partial charge in [0.25, 0.3) is 0 Å². The third kappa shape index (κ3) is 5.12. The van der Waals surface area contributed by atoms with Crippen molar-refractivity contribution in [1.82, 2.24) is 4.13 Å². The van der Waals surface area contributed by atoms with Crippen LogP contribution >= 0.6 is 31.9 Å². The second-order valence-corrected chi connectivity index (χ2v) is 7.84. The molecule has 11 heavy (non-hydrogen) atoms. The molecule has 0 aliphatic carbocycles. The highest BCUT2D eigenvalue weighted by atomic mass is 79.9. The first-order valence-corrected chi connectivity index (χ1v) is 7.73. The molecular formula is C2H5Br2NO4S2. The molecule has 0 rings (SSSR count). The van der Waals surface area contributed by atoms with Crippen LogP contribution in [0.2, 0.25) is 0 Å². The summed E-state index contributed by atoms with van der Waals surface area (Å²) in [4.78, 5) is 0. The van der Waals surface area contributed by atoms with E-state index in [1.54, 1.807) is 0 Å². The van der Waals surface area contributed by atoms with Gasteiger partial charge >= 0.3 is 0 Å². The summed E-state index contributed by atoms with van der Waals surface area (Å²) < 4.78 is 43.1. The summed E-state index contributed by atoms with van der Waals surface area (Å²) in [5.74, 6) is 0. The third-order valence-electron chi connectivity index (χ3n) is 0.541. The average molecular weight is 331 g/mol. The van der Waals surface area contributed by atoms with E-state index in [0.29, 0.717) is 0 Å². The van der Waals surface area contributed by atoms with Gasteiger partial charge in [-0.25, -0.2) is 16.8 Å². The Balaban J connectivity index is 4.54. The van der Waals surface area contributed by atoms with E-state index in [9.17, 15) is 16.8 Å². The average Bonchev–Trinajstić information content (AvgIpc) is 1.86. The molecule has 0 aromatic carbocycles. The zero-order valence-corrected chi connectivity index (χ0v) is 9.92. The predicted octanol–water partition coefficient (Wildman–Crippen LogP) is -0.0596. The van der Waals surface area contributed by atoms with Crippen LogP contribution in [0.1, 0.15) is 0 Å². The minimum Gasteiger partial charge on any atom is -0.211 e. The van der Waals surface area contributed by atoms with Crippen LogP contribution in [0.5, 0.6) is 0 Å². The predicted molar refractivity (Wildman–Crippen MR) is 48.6 cm³/mol. The molecule has 0 atom stereocenters. The summed E-state index contributed by atoms with van der Waals surface area (Å²) in [6, 6.07) is 0. The van der Waals surface area contributed by atoms with Gasteiger partial charge < -0.3 is 0 Å². The Morgan fingerprint density at radius 3 is 1.36 bits per heavy atom. The molecule has 0 heterocycles. The Labute approximate surface area is 81.9 Å². The fraction of sp³-hybridized carbons (Fsp3) is 1.00. The number of alkyl halides is 2. The van der Waals surface area contributed by atoms with Crippen LogP contribution < -0.4 is 4.13 Å². The van der Waals surface area contributed by atoms with Crippen molar-refractivity contribution in [2.45, 2.75) is 0 Å². The molecule has 0 aliphatic heterocycles. The molecule has 0 aromatic rings. The van der Waals surface area contributed by atoms with Crippen LogP contribution in [-0.2, 0) is 20.0 Å². The van der Waals surface area contributed by atoms with Gasteiger partial charge in [-0.05, 0) is 0 Å². The molecule has 0 unspecified atom stereocenters. The van der Waals surface area contributed by atoms with E-state index in [4.69, 9.17) is 0 Å². The highest BCUT2D eigenvalue weighted by Crippen LogP contribution is 1.97. The van der Waals surface area contributed by atoms with Crippen molar-refractivity contribution in [1.29, 1.82) is 0 Å². The molecule has 5 nitrogen and oxygen atoms in total. The number of nitrogens with one attached hydrogen (secondary N) is 1. The Morgan fingerprint density at radius 1 is 0.909 bits per heavy atom. The van der Waals surface area contributed by atoms with E-state index in [0.717, 1.165) is 0 Å². The van der Waals surface area contributed by atoms with Gasteiger partial charge in [0, 0.05) is 0 Å². The van der Waals surface area contributed by atoms with Crippen LogP contribution in [0.15, 0.2) is 0 Å². The monoisotopic (exact) mass is 329 g/mol. The maximum absolute atomic E-state index is 10.6. The van der Waals surface area contributed by atoms with Gasteiger partial charge in [0.05, 0.1) is 0 Å². The molecule has 68 valence electrons. The lowest BCUT2D eigenvalue weighted by molar-refractivity contribution is 0.583. The Kier molecular flexibility index (Phi) is 4.48. The van der Waals surface area contributed by atoms with Gasteiger partial charge in [0.1, 0.15) is 9.32 Å². The van der Waals surface area contributed by atoms with E-state index in [1.807, 2.05) is 0 Å². The minimum absolute atomic E-state index is 0.438. The third-order valence-corrected chi connectivity index (χ3v) is 6.76. The normalized spacial score (nSPS) is 13.3. The topological polar surface area (TPSA) is 80.3 Å². The summed E-state index contributed by atoms with van der Waals surface area (Å²) in [5, 5.41) is 0. The minimum atomic E-state index is -3.74. The van der Waals surface area contributed by atoms with Crippen LogP contribution in [0.25, 0.3) is 0 Å². The van der Waals surface area contributed by atoms with Crippen LogP contribution in [0.4, 0.5) is 0 Å². The molecule has 0 aliphatic rings. The number of hydrogen-bond acceptors (Lipinski definition) is 4. The molecule has 0 aromatic heterocycles. The number of hydrogen-bond donors (Lipinski definition) is 1.